The largest absolute Gasteiger partial charge is 0.332 e. The van der Waals surface area contributed by atoms with Crippen molar-refractivity contribution in [2.45, 2.75) is 26.4 Å². The molecule has 2 aromatic heterocycles. The molecule has 0 amide bonds. The van der Waals surface area contributed by atoms with Gasteiger partial charge in [-0.2, -0.15) is 4.98 Å². The van der Waals surface area contributed by atoms with Crippen molar-refractivity contribution in [2.24, 2.45) is 7.05 Å². The number of nitrogens with zero attached hydrogens (tertiary/aromatic N) is 5. The SMILES string of the molecule is Cc1cccc(N2CCCn3c2nc2c3c(=O)n(Cc3cccc(Cl)c3)c(=O)n2C)c1. The Hall–Kier alpha value is -3.32. The van der Waals surface area contributed by atoms with Crippen LogP contribution in [0, 0.1) is 6.92 Å². The zero-order valence-electron chi connectivity index (χ0n) is 17.4. The van der Waals surface area contributed by atoms with Crippen LogP contribution in [0.5, 0.6) is 0 Å². The van der Waals surface area contributed by atoms with Crippen LogP contribution in [0.3, 0.4) is 0 Å². The molecule has 0 spiro atoms. The summed E-state index contributed by atoms with van der Waals surface area (Å²) in [4.78, 5) is 33.3. The lowest BCUT2D eigenvalue weighted by Gasteiger charge is -2.29. The second kappa shape index (κ2) is 7.42. The second-order valence-electron chi connectivity index (χ2n) is 7.94. The summed E-state index contributed by atoms with van der Waals surface area (Å²) in [5.41, 5.74) is 3.12. The number of aryl methyl sites for hydroxylation is 3. The molecule has 2 aromatic carbocycles. The first-order chi connectivity index (χ1) is 14.9. The number of halogens is 1. The molecule has 31 heavy (non-hydrogen) atoms. The van der Waals surface area contributed by atoms with Crippen molar-refractivity contribution in [3.05, 3.63) is 85.5 Å². The Morgan fingerprint density at radius 2 is 1.87 bits per heavy atom. The summed E-state index contributed by atoms with van der Waals surface area (Å²) in [7, 11) is 1.66. The van der Waals surface area contributed by atoms with E-state index < -0.39 is 5.69 Å². The first-order valence-electron chi connectivity index (χ1n) is 10.2. The van der Waals surface area contributed by atoms with E-state index in [0.29, 0.717) is 28.7 Å². The Morgan fingerprint density at radius 1 is 1.06 bits per heavy atom. The first-order valence-corrected chi connectivity index (χ1v) is 10.6. The lowest BCUT2D eigenvalue weighted by Crippen LogP contribution is -2.40. The van der Waals surface area contributed by atoms with E-state index in [2.05, 4.69) is 24.0 Å². The van der Waals surface area contributed by atoms with Crippen molar-refractivity contribution in [1.29, 1.82) is 0 Å². The molecule has 4 aromatic rings. The highest BCUT2D eigenvalue weighted by molar-refractivity contribution is 6.30. The van der Waals surface area contributed by atoms with Crippen molar-refractivity contribution in [3.8, 4) is 0 Å². The Morgan fingerprint density at radius 3 is 2.65 bits per heavy atom. The average Bonchev–Trinajstić information content (AvgIpc) is 3.15. The van der Waals surface area contributed by atoms with Crippen LogP contribution in [0.2, 0.25) is 5.02 Å². The van der Waals surface area contributed by atoms with Gasteiger partial charge in [0.15, 0.2) is 11.2 Å². The van der Waals surface area contributed by atoms with E-state index in [1.807, 2.05) is 28.8 Å². The lowest BCUT2D eigenvalue weighted by atomic mass is 10.2. The van der Waals surface area contributed by atoms with Crippen molar-refractivity contribution >= 4 is 34.4 Å². The number of hydrogen-bond acceptors (Lipinski definition) is 4. The molecule has 0 fully saturated rings. The first kappa shape index (κ1) is 19.6. The maximum atomic E-state index is 13.5. The normalized spacial score (nSPS) is 13.6. The van der Waals surface area contributed by atoms with Crippen LogP contribution in [0.1, 0.15) is 17.5 Å². The maximum Gasteiger partial charge on any atom is 0.332 e. The van der Waals surface area contributed by atoms with Crippen LogP contribution in [0.25, 0.3) is 11.2 Å². The third-order valence-corrected chi connectivity index (χ3v) is 6.00. The monoisotopic (exact) mass is 435 g/mol. The highest BCUT2D eigenvalue weighted by atomic mass is 35.5. The molecule has 0 atom stereocenters. The van der Waals surface area contributed by atoms with Gasteiger partial charge in [-0.05, 0) is 48.7 Å². The van der Waals surface area contributed by atoms with E-state index in [1.54, 1.807) is 19.2 Å². The average molecular weight is 436 g/mol. The number of benzene rings is 2. The molecule has 7 nitrogen and oxygen atoms in total. The molecule has 1 aliphatic heterocycles. The summed E-state index contributed by atoms with van der Waals surface area (Å²) in [6.07, 6.45) is 0.878. The highest BCUT2D eigenvalue weighted by Crippen LogP contribution is 2.31. The summed E-state index contributed by atoms with van der Waals surface area (Å²) in [5.74, 6) is 0.694. The van der Waals surface area contributed by atoms with Crippen LogP contribution < -0.4 is 16.1 Å². The van der Waals surface area contributed by atoms with E-state index >= 15 is 0 Å². The van der Waals surface area contributed by atoms with Gasteiger partial charge in [-0.1, -0.05) is 35.9 Å². The number of hydrogen-bond donors (Lipinski definition) is 0. The van der Waals surface area contributed by atoms with E-state index in [4.69, 9.17) is 16.6 Å². The van der Waals surface area contributed by atoms with Crippen LogP contribution in [0.15, 0.2) is 58.1 Å². The number of aromatic nitrogens is 4. The molecule has 0 saturated heterocycles. The Balaban J connectivity index is 1.71. The van der Waals surface area contributed by atoms with Crippen molar-refractivity contribution in [3.63, 3.8) is 0 Å². The lowest BCUT2D eigenvalue weighted by molar-refractivity contribution is 0.597. The molecule has 8 heteroatoms. The van der Waals surface area contributed by atoms with Gasteiger partial charge in [0.2, 0.25) is 5.95 Å². The van der Waals surface area contributed by atoms with Gasteiger partial charge in [-0.15, -0.1) is 0 Å². The maximum absolute atomic E-state index is 13.5. The van der Waals surface area contributed by atoms with Crippen LogP contribution in [-0.4, -0.2) is 25.2 Å². The van der Waals surface area contributed by atoms with Gasteiger partial charge < -0.3 is 9.47 Å². The fourth-order valence-electron chi connectivity index (χ4n) is 4.26. The summed E-state index contributed by atoms with van der Waals surface area (Å²) >= 11 is 6.09. The number of fused-ring (bicyclic) bond motifs is 3. The molecule has 5 rings (SSSR count). The van der Waals surface area contributed by atoms with Crippen molar-refractivity contribution in [2.75, 3.05) is 11.4 Å². The van der Waals surface area contributed by atoms with Gasteiger partial charge in [0.05, 0.1) is 6.54 Å². The van der Waals surface area contributed by atoms with Crippen LogP contribution in [-0.2, 0) is 20.1 Å². The number of imidazole rings is 1. The smallest absolute Gasteiger partial charge is 0.312 e. The molecule has 0 aliphatic carbocycles. The molecule has 0 radical (unpaired) electrons. The standard InChI is InChI=1S/C23H22ClN5O2/c1-15-6-3-9-18(12-15)27-10-5-11-28-19-20(25-22(27)28)26(2)23(31)29(21(19)30)14-16-7-4-8-17(24)13-16/h3-4,6-9,12-13H,5,10-11,14H2,1-2H3. The summed E-state index contributed by atoms with van der Waals surface area (Å²) < 4.78 is 4.66. The fourth-order valence-corrected chi connectivity index (χ4v) is 4.48. The van der Waals surface area contributed by atoms with Crippen molar-refractivity contribution in [1.82, 2.24) is 18.7 Å². The molecule has 0 N–H and O–H groups in total. The van der Waals surface area contributed by atoms with Crippen LogP contribution >= 0.6 is 11.6 Å². The van der Waals surface area contributed by atoms with E-state index in [-0.39, 0.29) is 12.1 Å². The third kappa shape index (κ3) is 3.25. The third-order valence-electron chi connectivity index (χ3n) is 5.76. The van der Waals surface area contributed by atoms with E-state index in [1.165, 1.54) is 9.13 Å². The van der Waals surface area contributed by atoms with Gasteiger partial charge in [0.1, 0.15) is 0 Å². The number of anilines is 2. The molecule has 0 bridgehead atoms. The second-order valence-corrected chi connectivity index (χ2v) is 8.38. The van der Waals surface area contributed by atoms with E-state index in [0.717, 1.165) is 29.8 Å². The predicted octanol–water partition coefficient (Wildman–Crippen LogP) is 3.45. The molecule has 158 valence electrons. The molecular weight excluding hydrogens is 414 g/mol. The molecule has 0 saturated carbocycles. The zero-order chi connectivity index (χ0) is 21.7. The summed E-state index contributed by atoms with van der Waals surface area (Å²) in [5, 5.41) is 0.568. The number of rotatable bonds is 3. The van der Waals surface area contributed by atoms with Gasteiger partial charge in [-0.25, -0.2) is 4.79 Å². The quantitative estimate of drug-likeness (QED) is 0.494. The van der Waals surface area contributed by atoms with Gasteiger partial charge in [0.25, 0.3) is 5.56 Å². The van der Waals surface area contributed by atoms with Gasteiger partial charge in [0, 0.05) is 30.8 Å². The summed E-state index contributed by atoms with van der Waals surface area (Å²) in [6.45, 7) is 3.69. The molecule has 0 unspecified atom stereocenters. The summed E-state index contributed by atoms with van der Waals surface area (Å²) in [6, 6.07) is 15.4. The van der Waals surface area contributed by atoms with Crippen molar-refractivity contribution < 1.29 is 0 Å². The van der Waals surface area contributed by atoms with Crippen LogP contribution in [0.4, 0.5) is 11.6 Å². The predicted molar refractivity (Wildman–Crippen MR) is 123 cm³/mol. The molecule has 1 aliphatic rings. The fraction of sp³-hybridized carbons (Fsp3) is 0.261. The topological polar surface area (TPSA) is 65.1 Å². The molecule has 3 heterocycles. The van der Waals surface area contributed by atoms with Gasteiger partial charge >= 0.3 is 5.69 Å². The van der Waals surface area contributed by atoms with Gasteiger partial charge in [-0.3, -0.25) is 13.9 Å². The minimum absolute atomic E-state index is 0.157. The van der Waals surface area contributed by atoms with E-state index in [9.17, 15) is 9.59 Å². The zero-order valence-corrected chi connectivity index (χ0v) is 18.1. The Labute approximate surface area is 183 Å². The highest BCUT2D eigenvalue weighted by Gasteiger charge is 2.27. The Kier molecular flexibility index (Phi) is 4.70. The molecular formula is C23H22ClN5O2. The Bertz CT molecular complexity index is 1430. The minimum Gasteiger partial charge on any atom is -0.312 e. The minimum atomic E-state index is -0.393.